The third-order valence-corrected chi connectivity index (χ3v) is 7.07. The van der Waals surface area contributed by atoms with Crippen LogP contribution in [0.15, 0.2) is 77.7 Å². The molecule has 33 heavy (non-hydrogen) atoms. The van der Waals surface area contributed by atoms with Crippen molar-refractivity contribution in [1.82, 2.24) is 5.32 Å². The molecule has 0 aromatic heterocycles. The molecular formula is C25H27ClN2O4S. The highest BCUT2D eigenvalue weighted by Crippen LogP contribution is 2.27. The smallest absolute Gasteiger partial charge is 0.264 e. The summed E-state index contributed by atoms with van der Waals surface area (Å²) in [5.74, 6) is 0.213. The van der Waals surface area contributed by atoms with E-state index in [-0.39, 0.29) is 24.6 Å². The molecule has 0 heterocycles. The molecule has 1 N–H and O–H groups in total. The minimum atomic E-state index is -3.95. The molecule has 6 nitrogen and oxygen atoms in total. The summed E-state index contributed by atoms with van der Waals surface area (Å²) in [4.78, 5) is 12.9. The Labute approximate surface area is 200 Å². The van der Waals surface area contributed by atoms with Gasteiger partial charge in [-0.15, -0.1) is 0 Å². The molecule has 3 aromatic carbocycles. The van der Waals surface area contributed by atoms with Gasteiger partial charge in [-0.1, -0.05) is 54.4 Å². The van der Waals surface area contributed by atoms with Crippen molar-refractivity contribution >= 4 is 33.2 Å². The average molecular weight is 487 g/mol. The minimum absolute atomic E-state index is 0.137. The fourth-order valence-electron chi connectivity index (χ4n) is 3.27. The van der Waals surface area contributed by atoms with E-state index in [2.05, 4.69) is 5.32 Å². The molecule has 0 radical (unpaired) electrons. The first-order valence-corrected chi connectivity index (χ1v) is 12.5. The van der Waals surface area contributed by atoms with Crippen molar-refractivity contribution in [2.75, 3.05) is 24.0 Å². The fraction of sp³-hybridized carbons (Fsp3) is 0.240. The Morgan fingerprint density at radius 3 is 2.33 bits per heavy atom. The molecule has 0 aliphatic heterocycles. The number of benzene rings is 3. The van der Waals surface area contributed by atoms with Crippen molar-refractivity contribution in [3.05, 3.63) is 88.9 Å². The van der Waals surface area contributed by atoms with Crippen molar-refractivity contribution in [3.63, 3.8) is 0 Å². The van der Waals surface area contributed by atoms with E-state index in [1.54, 1.807) is 60.7 Å². The Bertz CT molecular complexity index is 1180. The lowest BCUT2D eigenvalue weighted by molar-refractivity contribution is -0.119. The predicted octanol–water partition coefficient (Wildman–Crippen LogP) is 4.60. The number of nitrogens with one attached hydrogen (secondary N) is 1. The van der Waals surface area contributed by atoms with Crippen molar-refractivity contribution in [3.8, 4) is 5.75 Å². The van der Waals surface area contributed by atoms with Gasteiger partial charge in [-0.25, -0.2) is 8.42 Å². The summed E-state index contributed by atoms with van der Waals surface area (Å²) in [6.45, 7) is 3.97. The lowest BCUT2D eigenvalue weighted by Gasteiger charge is -2.26. The zero-order valence-corrected chi connectivity index (χ0v) is 20.2. The van der Waals surface area contributed by atoms with E-state index in [4.69, 9.17) is 16.3 Å². The van der Waals surface area contributed by atoms with E-state index >= 15 is 0 Å². The van der Waals surface area contributed by atoms with E-state index < -0.39 is 15.9 Å². The van der Waals surface area contributed by atoms with Crippen LogP contribution in [-0.4, -0.2) is 34.0 Å². The molecule has 0 atom stereocenters. The SMILES string of the molecule is CCc1ccccc1N(CC(=O)NCCOc1ccc(Cl)cc1)S(=O)(=O)c1ccc(C)cc1. The van der Waals surface area contributed by atoms with Crippen LogP contribution in [0.3, 0.4) is 0 Å². The largest absolute Gasteiger partial charge is 0.492 e. The summed E-state index contributed by atoms with van der Waals surface area (Å²) in [6.07, 6.45) is 0.632. The van der Waals surface area contributed by atoms with Gasteiger partial charge in [0, 0.05) is 5.02 Å². The van der Waals surface area contributed by atoms with Gasteiger partial charge in [0.25, 0.3) is 10.0 Å². The van der Waals surface area contributed by atoms with Gasteiger partial charge < -0.3 is 10.1 Å². The number of hydrogen-bond donors (Lipinski definition) is 1. The minimum Gasteiger partial charge on any atom is -0.492 e. The summed E-state index contributed by atoms with van der Waals surface area (Å²) in [7, 11) is -3.95. The molecule has 0 aliphatic rings. The van der Waals surface area contributed by atoms with E-state index in [1.165, 1.54) is 4.31 Å². The molecule has 0 unspecified atom stereocenters. The number of carbonyl (C=O) groups is 1. The van der Waals surface area contributed by atoms with E-state index in [0.717, 1.165) is 11.1 Å². The van der Waals surface area contributed by atoms with E-state index in [0.29, 0.717) is 22.9 Å². The third-order valence-electron chi connectivity index (χ3n) is 5.04. The first-order chi connectivity index (χ1) is 15.8. The quantitative estimate of drug-likeness (QED) is 0.425. The van der Waals surface area contributed by atoms with Crippen LogP contribution in [0, 0.1) is 6.92 Å². The number of amides is 1. The number of anilines is 1. The van der Waals surface area contributed by atoms with Crippen LogP contribution in [0.2, 0.25) is 5.02 Å². The molecule has 0 aliphatic carbocycles. The summed E-state index contributed by atoms with van der Waals surface area (Å²) < 4.78 is 33.8. The number of ether oxygens (including phenoxy) is 1. The molecule has 8 heteroatoms. The molecule has 0 bridgehead atoms. The maximum absolute atomic E-state index is 13.5. The van der Waals surface area contributed by atoms with Gasteiger partial charge in [-0.2, -0.15) is 0 Å². The van der Waals surface area contributed by atoms with Crippen LogP contribution in [0.25, 0.3) is 0 Å². The van der Waals surface area contributed by atoms with Crippen LogP contribution >= 0.6 is 11.6 Å². The first kappa shape index (κ1) is 24.6. The number of para-hydroxylation sites is 1. The second-order valence-electron chi connectivity index (χ2n) is 7.46. The zero-order chi connectivity index (χ0) is 23.8. The van der Waals surface area contributed by atoms with Gasteiger partial charge in [0.2, 0.25) is 5.91 Å². The van der Waals surface area contributed by atoms with Gasteiger partial charge in [0.15, 0.2) is 0 Å². The average Bonchev–Trinajstić information content (AvgIpc) is 2.81. The maximum atomic E-state index is 13.5. The molecule has 0 spiro atoms. The van der Waals surface area contributed by atoms with Gasteiger partial charge in [0.1, 0.15) is 18.9 Å². The van der Waals surface area contributed by atoms with Crippen LogP contribution in [0.5, 0.6) is 5.75 Å². The second kappa shape index (κ2) is 11.2. The van der Waals surface area contributed by atoms with E-state index in [9.17, 15) is 13.2 Å². The van der Waals surface area contributed by atoms with Gasteiger partial charge in [0.05, 0.1) is 17.1 Å². The number of nitrogens with zero attached hydrogens (tertiary/aromatic N) is 1. The zero-order valence-electron chi connectivity index (χ0n) is 18.6. The highest BCUT2D eigenvalue weighted by molar-refractivity contribution is 7.92. The summed E-state index contributed by atoms with van der Waals surface area (Å²) >= 11 is 5.86. The highest BCUT2D eigenvalue weighted by atomic mass is 35.5. The van der Waals surface area contributed by atoms with Crippen molar-refractivity contribution < 1.29 is 17.9 Å². The van der Waals surface area contributed by atoms with Crippen molar-refractivity contribution in [1.29, 1.82) is 0 Å². The Morgan fingerprint density at radius 2 is 1.67 bits per heavy atom. The number of rotatable bonds is 10. The van der Waals surface area contributed by atoms with Gasteiger partial charge in [-0.3, -0.25) is 9.10 Å². The number of halogens is 1. The molecular weight excluding hydrogens is 460 g/mol. The number of sulfonamides is 1. The van der Waals surface area contributed by atoms with Gasteiger partial charge >= 0.3 is 0 Å². The molecule has 3 rings (SSSR count). The third kappa shape index (κ3) is 6.49. The van der Waals surface area contributed by atoms with Gasteiger partial charge in [-0.05, 0) is 61.4 Å². The van der Waals surface area contributed by atoms with Crippen LogP contribution in [-0.2, 0) is 21.2 Å². The fourth-order valence-corrected chi connectivity index (χ4v) is 4.85. The molecule has 0 fully saturated rings. The normalized spacial score (nSPS) is 11.1. The standard InChI is InChI=1S/C25H27ClN2O4S/c1-3-20-6-4-5-7-24(20)28(33(30,31)23-14-8-19(2)9-15-23)18-25(29)27-16-17-32-22-12-10-21(26)11-13-22/h4-15H,3,16-18H2,1-2H3,(H,27,29). The Hall–Kier alpha value is -3.03. The van der Waals surface area contributed by atoms with Crippen LogP contribution in [0.4, 0.5) is 5.69 Å². The lowest BCUT2D eigenvalue weighted by atomic mass is 10.1. The van der Waals surface area contributed by atoms with Crippen LogP contribution in [0.1, 0.15) is 18.1 Å². The molecule has 174 valence electrons. The van der Waals surface area contributed by atoms with Crippen molar-refractivity contribution in [2.45, 2.75) is 25.2 Å². The Morgan fingerprint density at radius 1 is 1.00 bits per heavy atom. The summed E-state index contributed by atoms with van der Waals surface area (Å²) in [6, 6.07) is 20.7. The monoisotopic (exact) mass is 486 g/mol. The molecule has 0 saturated heterocycles. The molecule has 1 amide bonds. The second-order valence-corrected chi connectivity index (χ2v) is 9.76. The topological polar surface area (TPSA) is 75.7 Å². The number of aryl methyl sites for hydroxylation is 2. The molecule has 0 saturated carbocycles. The highest BCUT2D eigenvalue weighted by Gasteiger charge is 2.28. The maximum Gasteiger partial charge on any atom is 0.264 e. The Balaban J connectivity index is 1.74. The van der Waals surface area contributed by atoms with Crippen LogP contribution < -0.4 is 14.4 Å². The lowest BCUT2D eigenvalue weighted by Crippen LogP contribution is -2.42. The summed E-state index contributed by atoms with van der Waals surface area (Å²) in [5.41, 5.74) is 2.29. The number of hydrogen-bond acceptors (Lipinski definition) is 4. The summed E-state index contributed by atoms with van der Waals surface area (Å²) in [5, 5.41) is 3.35. The Kier molecular flexibility index (Phi) is 8.36. The number of carbonyl (C=O) groups excluding carboxylic acids is 1. The molecule has 3 aromatic rings. The van der Waals surface area contributed by atoms with Crippen molar-refractivity contribution in [2.24, 2.45) is 0 Å². The van der Waals surface area contributed by atoms with E-state index in [1.807, 2.05) is 26.0 Å². The first-order valence-electron chi connectivity index (χ1n) is 10.6. The predicted molar refractivity (Wildman–Crippen MR) is 131 cm³/mol.